The predicted molar refractivity (Wildman–Crippen MR) is 93.8 cm³/mol. The normalized spacial score (nSPS) is 29.4. The molecule has 1 amide bonds. The average Bonchev–Trinajstić information content (AvgIpc) is 2.92. The SMILES string of the molecule is Cc1ccccc1C1=C(I)C(=O)N2CC(=O)[C@H]3CC(=O)C=C[C@@]132. The molecule has 1 aliphatic carbocycles. The fourth-order valence-corrected chi connectivity index (χ4v) is 5.03. The number of nitrogens with zero attached hydrogens (tertiary/aromatic N) is 1. The van der Waals surface area contributed by atoms with Crippen LogP contribution >= 0.6 is 22.6 Å². The lowest BCUT2D eigenvalue weighted by molar-refractivity contribution is -0.128. The first-order valence-corrected chi connectivity index (χ1v) is 8.57. The maximum absolute atomic E-state index is 12.7. The molecule has 1 fully saturated rings. The van der Waals surface area contributed by atoms with E-state index in [0.717, 1.165) is 16.7 Å². The fourth-order valence-electron chi connectivity index (χ4n) is 4.02. The zero-order chi connectivity index (χ0) is 16.4. The molecule has 1 aromatic rings. The van der Waals surface area contributed by atoms with E-state index in [1.165, 1.54) is 6.08 Å². The number of carbonyl (C=O) groups is 3. The smallest absolute Gasteiger partial charge is 0.261 e. The van der Waals surface area contributed by atoms with Gasteiger partial charge in [0.1, 0.15) is 0 Å². The van der Waals surface area contributed by atoms with Crippen molar-refractivity contribution in [3.05, 3.63) is 51.1 Å². The Morgan fingerprint density at radius 2 is 1.96 bits per heavy atom. The molecule has 1 aromatic carbocycles. The molecule has 2 atom stereocenters. The number of halogens is 1. The fraction of sp³-hybridized carbons (Fsp3) is 0.278. The van der Waals surface area contributed by atoms with E-state index in [1.54, 1.807) is 11.0 Å². The molecule has 1 saturated heterocycles. The number of hydrogen-bond acceptors (Lipinski definition) is 3. The third-order valence-electron chi connectivity index (χ3n) is 5.08. The number of amides is 1. The molecule has 0 saturated carbocycles. The minimum Gasteiger partial charge on any atom is -0.317 e. The van der Waals surface area contributed by atoms with Gasteiger partial charge in [0, 0.05) is 12.0 Å². The Morgan fingerprint density at radius 3 is 2.70 bits per heavy atom. The molecular weight excluding hydrogens is 405 g/mol. The van der Waals surface area contributed by atoms with Gasteiger partial charge in [-0.05, 0) is 46.7 Å². The Labute approximate surface area is 147 Å². The van der Waals surface area contributed by atoms with E-state index in [9.17, 15) is 14.4 Å². The van der Waals surface area contributed by atoms with Crippen molar-refractivity contribution in [3.8, 4) is 0 Å². The minimum absolute atomic E-state index is 0.0222. The molecule has 2 aliphatic heterocycles. The zero-order valence-corrected chi connectivity index (χ0v) is 14.7. The summed E-state index contributed by atoms with van der Waals surface area (Å²) in [6.07, 6.45) is 3.49. The van der Waals surface area contributed by atoms with E-state index in [4.69, 9.17) is 0 Å². The van der Waals surface area contributed by atoms with Crippen LogP contribution < -0.4 is 0 Å². The largest absolute Gasteiger partial charge is 0.317 e. The van der Waals surface area contributed by atoms with Crippen LogP contribution in [0.2, 0.25) is 0 Å². The molecule has 0 aromatic heterocycles. The van der Waals surface area contributed by atoms with Crippen LogP contribution in [0.4, 0.5) is 0 Å². The number of aryl methyl sites for hydroxylation is 1. The van der Waals surface area contributed by atoms with Crippen LogP contribution in [-0.2, 0) is 14.4 Å². The average molecular weight is 419 g/mol. The van der Waals surface area contributed by atoms with Gasteiger partial charge in [0.05, 0.1) is 21.6 Å². The summed E-state index contributed by atoms with van der Waals surface area (Å²) in [5, 5.41) is 0. The molecule has 4 rings (SSSR count). The Kier molecular flexibility index (Phi) is 3.13. The van der Waals surface area contributed by atoms with Gasteiger partial charge in [0.15, 0.2) is 11.6 Å². The first kappa shape index (κ1) is 14.8. The van der Waals surface area contributed by atoms with Gasteiger partial charge in [-0.25, -0.2) is 0 Å². The summed E-state index contributed by atoms with van der Waals surface area (Å²) in [6, 6.07) is 7.88. The molecule has 2 heterocycles. The maximum atomic E-state index is 12.7. The lowest BCUT2D eigenvalue weighted by Gasteiger charge is -2.38. The Bertz CT molecular complexity index is 838. The molecule has 23 heavy (non-hydrogen) atoms. The van der Waals surface area contributed by atoms with Crippen LogP contribution in [0.5, 0.6) is 0 Å². The topological polar surface area (TPSA) is 54.5 Å². The number of ketones is 2. The van der Waals surface area contributed by atoms with E-state index in [1.807, 2.05) is 31.2 Å². The van der Waals surface area contributed by atoms with Crippen molar-refractivity contribution >= 4 is 45.6 Å². The van der Waals surface area contributed by atoms with Crippen LogP contribution in [0.1, 0.15) is 17.5 Å². The number of benzene rings is 1. The molecule has 3 aliphatic rings. The van der Waals surface area contributed by atoms with Crippen molar-refractivity contribution in [2.45, 2.75) is 18.9 Å². The van der Waals surface area contributed by atoms with Crippen molar-refractivity contribution < 1.29 is 14.4 Å². The van der Waals surface area contributed by atoms with E-state index < -0.39 is 11.5 Å². The van der Waals surface area contributed by atoms with Gasteiger partial charge in [-0.2, -0.15) is 0 Å². The molecule has 5 heteroatoms. The highest BCUT2D eigenvalue weighted by Crippen LogP contribution is 2.55. The third-order valence-corrected chi connectivity index (χ3v) is 6.08. The van der Waals surface area contributed by atoms with Crippen molar-refractivity contribution in [2.75, 3.05) is 6.54 Å². The van der Waals surface area contributed by atoms with E-state index >= 15 is 0 Å². The highest BCUT2D eigenvalue weighted by molar-refractivity contribution is 14.1. The van der Waals surface area contributed by atoms with Crippen LogP contribution in [0.15, 0.2) is 40.0 Å². The summed E-state index contributed by atoms with van der Waals surface area (Å²) in [7, 11) is 0. The Morgan fingerprint density at radius 1 is 1.22 bits per heavy atom. The van der Waals surface area contributed by atoms with Crippen LogP contribution in [-0.4, -0.2) is 34.5 Å². The summed E-state index contributed by atoms with van der Waals surface area (Å²) in [5.41, 5.74) is 2.13. The van der Waals surface area contributed by atoms with E-state index in [-0.39, 0.29) is 30.4 Å². The van der Waals surface area contributed by atoms with E-state index in [2.05, 4.69) is 22.6 Å². The van der Waals surface area contributed by atoms with Gasteiger partial charge in [-0.15, -0.1) is 0 Å². The number of rotatable bonds is 1. The molecule has 0 radical (unpaired) electrons. The van der Waals surface area contributed by atoms with Gasteiger partial charge in [0.2, 0.25) is 0 Å². The van der Waals surface area contributed by atoms with Crippen molar-refractivity contribution in [1.29, 1.82) is 0 Å². The van der Waals surface area contributed by atoms with Crippen LogP contribution in [0.3, 0.4) is 0 Å². The highest BCUT2D eigenvalue weighted by atomic mass is 127. The van der Waals surface area contributed by atoms with Gasteiger partial charge in [-0.1, -0.05) is 30.3 Å². The first-order chi connectivity index (χ1) is 11.0. The highest BCUT2D eigenvalue weighted by Gasteiger charge is 2.62. The molecule has 1 spiro atoms. The Hall–Kier alpha value is -1.76. The lowest BCUT2D eigenvalue weighted by atomic mass is 9.71. The number of carbonyl (C=O) groups excluding carboxylic acids is 3. The van der Waals surface area contributed by atoms with E-state index in [0.29, 0.717) is 3.58 Å². The Balaban J connectivity index is 2.02. The van der Waals surface area contributed by atoms with Crippen molar-refractivity contribution in [1.82, 2.24) is 4.90 Å². The number of Topliss-reactive ketones (excluding diaryl/α,β-unsaturated/α-hetero) is 1. The monoisotopic (exact) mass is 419 g/mol. The predicted octanol–water partition coefficient (Wildman–Crippen LogP) is 2.45. The number of hydrogen-bond donors (Lipinski definition) is 0. The molecular formula is C18H14INO3. The number of allylic oxidation sites excluding steroid dienone is 1. The molecule has 0 N–H and O–H groups in total. The quantitative estimate of drug-likeness (QED) is 0.658. The third kappa shape index (κ3) is 1.80. The van der Waals surface area contributed by atoms with Crippen LogP contribution in [0, 0.1) is 12.8 Å². The summed E-state index contributed by atoms with van der Waals surface area (Å²) >= 11 is 2.08. The minimum atomic E-state index is -0.787. The molecule has 4 nitrogen and oxygen atoms in total. The molecule has 0 bridgehead atoms. The second-order valence-corrected chi connectivity index (χ2v) is 7.32. The first-order valence-electron chi connectivity index (χ1n) is 7.50. The maximum Gasteiger partial charge on any atom is 0.261 e. The molecule has 116 valence electrons. The van der Waals surface area contributed by atoms with Crippen molar-refractivity contribution in [2.24, 2.45) is 5.92 Å². The van der Waals surface area contributed by atoms with Crippen molar-refractivity contribution in [3.63, 3.8) is 0 Å². The second kappa shape index (κ2) is 4.87. The summed E-state index contributed by atoms with van der Waals surface area (Å²) in [6.45, 7) is 2.09. The van der Waals surface area contributed by atoms with Gasteiger partial charge < -0.3 is 4.90 Å². The van der Waals surface area contributed by atoms with Crippen LogP contribution in [0.25, 0.3) is 5.57 Å². The lowest BCUT2D eigenvalue weighted by Crippen LogP contribution is -2.47. The van der Waals surface area contributed by atoms with Gasteiger partial charge >= 0.3 is 0 Å². The second-order valence-electron chi connectivity index (χ2n) is 6.24. The summed E-state index contributed by atoms with van der Waals surface area (Å²) < 4.78 is 0.647. The zero-order valence-electron chi connectivity index (χ0n) is 12.5. The van der Waals surface area contributed by atoms with Gasteiger partial charge in [0.25, 0.3) is 5.91 Å². The standard InChI is InChI=1S/C18H14INO3/c1-10-4-2-3-5-12(10)15-16(19)17(23)20-9-14(22)13-8-11(21)6-7-18(13,15)20/h2-7,13H,8-9H2,1H3/t13-,18+/m1/s1. The summed E-state index contributed by atoms with van der Waals surface area (Å²) in [5.74, 6) is -0.648. The molecule has 0 unspecified atom stereocenters. The summed E-state index contributed by atoms with van der Waals surface area (Å²) in [4.78, 5) is 38.7. The van der Waals surface area contributed by atoms with Gasteiger partial charge in [-0.3, -0.25) is 14.4 Å².